The lowest BCUT2D eigenvalue weighted by molar-refractivity contribution is -0.144. The summed E-state index contributed by atoms with van der Waals surface area (Å²) in [5.41, 5.74) is 1.31. The Bertz CT molecular complexity index is 627. The molecule has 27 heavy (non-hydrogen) atoms. The molecule has 3 rings (SSSR count). The van der Waals surface area contributed by atoms with Gasteiger partial charge in [-0.25, -0.2) is 4.79 Å². The van der Waals surface area contributed by atoms with Crippen molar-refractivity contribution in [3.8, 4) is 0 Å². The molecule has 6 nitrogen and oxygen atoms in total. The van der Waals surface area contributed by atoms with E-state index in [1.807, 2.05) is 15.9 Å². The van der Waals surface area contributed by atoms with Gasteiger partial charge in [0.15, 0.2) is 0 Å². The van der Waals surface area contributed by atoms with Gasteiger partial charge in [0.1, 0.15) is 0 Å². The lowest BCUT2D eigenvalue weighted by Gasteiger charge is -2.38. The van der Waals surface area contributed by atoms with Crippen LogP contribution in [0.2, 0.25) is 0 Å². The second-order valence-corrected chi connectivity index (χ2v) is 7.74. The maximum atomic E-state index is 12.9. The van der Waals surface area contributed by atoms with Crippen LogP contribution in [0, 0.1) is 5.92 Å². The molecule has 2 aliphatic heterocycles. The van der Waals surface area contributed by atoms with Crippen LogP contribution < -0.4 is 0 Å². The first kappa shape index (κ1) is 19.7. The Hall–Kier alpha value is -2.08. The minimum Gasteiger partial charge on any atom is -0.375 e. The number of carbonyl (C=O) groups excluding carboxylic acids is 2. The van der Waals surface area contributed by atoms with E-state index in [0.717, 1.165) is 25.7 Å². The molecule has 0 saturated carbocycles. The molecule has 1 aromatic rings. The maximum absolute atomic E-state index is 12.9. The highest BCUT2D eigenvalue weighted by Crippen LogP contribution is 2.22. The summed E-state index contributed by atoms with van der Waals surface area (Å²) in [5.74, 6) is 0.268. The summed E-state index contributed by atoms with van der Waals surface area (Å²) in [4.78, 5) is 30.4. The van der Waals surface area contributed by atoms with E-state index in [1.54, 1.807) is 19.0 Å². The van der Waals surface area contributed by atoms with Crippen molar-refractivity contribution in [2.75, 3.05) is 46.9 Å². The van der Waals surface area contributed by atoms with Crippen LogP contribution in [0.25, 0.3) is 0 Å². The van der Waals surface area contributed by atoms with Crippen LogP contribution in [0.15, 0.2) is 30.3 Å². The molecule has 1 atom stereocenters. The number of hydrogen-bond donors (Lipinski definition) is 0. The standard InChI is InChI=1S/C21H31N3O3/c1-22(2)21(26)23-12-10-18(11-13-23)20(25)24-14-15-27-19(16-24)9-8-17-6-4-3-5-7-17/h3-7,18-19H,8-16H2,1-2H3. The van der Waals surface area contributed by atoms with Gasteiger partial charge in [-0.3, -0.25) is 4.79 Å². The predicted molar refractivity (Wildman–Crippen MR) is 104 cm³/mol. The smallest absolute Gasteiger partial charge is 0.319 e. The first-order chi connectivity index (χ1) is 13.0. The highest BCUT2D eigenvalue weighted by Gasteiger charge is 2.33. The third kappa shape index (κ3) is 5.22. The number of carbonyl (C=O) groups is 2. The largest absolute Gasteiger partial charge is 0.375 e. The third-order valence-corrected chi connectivity index (χ3v) is 5.55. The van der Waals surface area contributed by atoms with Crippen LogP contribution in [0.4, 0.5) is 4.79 Å². The number of benzene rings is 1. The first-order valence-corrected chi connectivity index (χ1v) is 9.95. The Morgan fingerprint density at radius 3 is 2.44 bits per heavy atom. The van der Waals surface area contributed by atoms with Gasteiger partial charge < -0.3 is 19.4 Å². The topological polar surface area (TPSA) is 53.1 Å². The van der Waals surface area contributed by atoms with Crippen molar-refractivity contribution in [2.24, 2.45) is 5.92 Å². The SMILES string of the molecule is CN(C)C(=O)N1CCC(C(=O)N2CCOC(CCc3ccccc3)C2)CC1. The van der Waals surface area contributed by atoms with E-state index in [-0.39, 0.29) is 24.0 Å². The van der Waals surface area contributed by atoms with Crippen LogP contribution in [0.1, 0.15) is 24.8 Å². The maximum Gasteiger partial charge on any atom is 0.319 e. The average molecular weight is 373 g/mol. The summed E-state index contributed by atoms with van der Waals surface area (Å²) in [5, 5.41) is 0. The monoisotopic (exact) mass is 373 g/mol. The summed E-state index contributed by atoms with van der Waals surface area (Å²) in [6.45, 7) is 3.30. The normalized spacial score (nSPS) is 21.2. The van der Waals surface area contributed by atoms with Crippen LogP contribution in [-0.2, 0) is 16.0 Å². The zero-order chi connectivity index (χ0) is 19.2. The van der Waals surface area contributed by atoms with Gasteiger partial charge in [-0.05, 0) is 31.2 Å². The number of piperidine rings is 1. The molecule has 2 aliphatic rings. The number of nitrogens with zero attached hydrogens (tertiary/aromatic N) is 3. The van der Waals surface area contributed by atoms with E-state index in [2.05, 4.69) is 24.3 Å². The van der Waals surface area contributed by atoms with Gasteiger partial charge in [0.05, 0.1) is 12.7 Å². The lowest BCUT2D eigenvalue weighted by Crippen LogP contribution is -2.51. The molecule has 0 bridgehead atoms. The minimum absolute atomic E-state index is 0.0316. The van der Waals surface area contributed by atoms with Gasteiger partial charge in [0.2, 0.25) is 5.91 Å². The minimum atomic E-state index is 0.0316. The van der Waals surface area contributed by atoms with Crippen molar-refractivity contribution in [1.29, 1.82) is 0 Å². The molecule has 0 spiro atoms. The molecule has 0 N–H and O–H groups in total. The first-order valence-electron chi connectivity index (χ1n) is 9.95. The molecule has 1 unspecified atom stereocenters. The van der Waals surface area contributed by atoms with Gasteiger partial charge >= 0.3 is 6.03 Å². The summed E-state index contributed by atoms with van der Waals surface area (Å²) < 4.78 is 5.89. The van der Waals surface area contributed by atoms with Crippen molar-refractivity contribution in [1.82, 2.24) is 14.7 Å². The molecule has 2 saturated heterocycles. The van der Waals surface area contributed by atoms with E-state index in [0.29, 0.717) is 32.8 Å². The molecule has 148 valence electrons. The van der Waals surface area contributed by atoms with Crippen molar-refractivity contribution < 1.29 is 14.3 Å². The Labute approximate surface area is 162 Å². The lowest BCUT2D eigenvalue weighted by atomic mass is 9.95. The van der Waals surface area contributed by atoms with E-state index >= 15 is 0 Å². The molecule has 3 amide bonds. The number of aryl methyl sites for hydroxylation is 1. The van der Waals surface area contributed by atoms with Gasteiger partial charge in [0, 0.05) is 46.2 Å². The van der Waals surface area contributed by atoms with E-state index < -0.39 is 0 Å². The number of morpholine rings is 1. The molecule has 0 aromatic heterocycles. The fourth-order valence-corrected chi connectivity index (χ4v) is 3.93. The quantitative estimate of drug-likeness (QED) is 0.813. The highest BCUT2D eigenvalue weighted by molar-refractivity contribution is 5.80. The van der Waals surface area contributed by atoms with Gasteiger partial charge in [-0.15, -0.1) is 0 Å². The van der Waals surface area contributed by atoms with Crippen molar-refractivity contribution in [2.45, 2.75) is 31.8 Å². The summed E-state index contributed by atoms with van der Waals surface area (Å²) in [6.07, 6.45) is 3.52. The zero-order valence-electron chi connectivity index (χ0n) is 16.5. The van der Waals surface area contributed by atoms with Gasteiger partial charge in [-0.1, -0.05) is 30.3 Å². The van der Waals surface area contributed by atoms with Crippen LogP contribution in [0.3, 0.4) is 0 Å². The van der Waals surface area contributed by atoms with E-state index in [1.165, 1.54) is 5.56 Å². The molecule has 2 heterocycles. The van der Waals surface area contributed by atoms with Crippen molar-refractivity contribution >= 4 is 11.9 Å². The highest BCUT2D eigenvalue weighted by atomic mass is 16.5. The molecular formula is C21H31N3O3. The number of rotatable bonds is 4. The number of amides is 3. The average Bonchev–Trinajstić information content (AvgIpc) is 2.72. The number of urea groups is 1. The summed E-state index contributed by atoms with van der Waals surface area (Å²) in [7, 11) is 3.53. The van der Waals surface area contributed by atoms with E-state index in [4.69, 9.17) is 4.74 Å². The van der Waals surface area contributed by atoms with E-state index in [9.17, 15) is 9.59 Å². The molecule has 0 aliphatic carbocycles. The Morgan fingerprint density at radius 2 is 1.78 bits per heavy atom. The number of ether oxygens (including phenoxy) is 1. The summed E-state index contributed by atoms with van der Waals surface area (Å²) in [6, 6.07) is 10.4. The molecule has 6 heteroatoms. The van der Waals surface area contributed by atoms with Gasteiger partial charge in [0.25, 0.3) is 0 Å². The molecule has 0 radical (unpaired) electrons. The van der Waals surface area contributed by atoms with Crippen LogP contribution >= 0.6 is 0 Å². The number of likely N-dealkylation sites (tertiary alicyclic amines) is 1. The molecular weight excluding hydrogens is 342 g/mol. The Kier molecular flexibility index (Phi) is 6.72. The molecule has 2 fully saturated rings. The number of hydrogen-bond acceptors (Lipinski definition) is 3. The summed E-state index contributed by atoms with van der Waals surface area (Å²) >= 11 is 0. The van der Waals surface area contributed by atoms with Crippen LogP contribution in [-0.4, -0.2) is 79.6 Å². The predicted octanol–water partition coefficient (Wildman–Crippen LogP) is 2.24. The third-order valence-electron chi connectivity index (χ3n) is 5.55. The van der Waals surface area contributed by atoms with Crippen molar-refractivity contribution in [3.05, 3.63) is 35.9 Å². The Morgan fingerprint density at radius 1 is 1.07 bits per heavy atom. The fraction of sp³-hybridized carbons (Fsp3) is 0.619. The van der Waals surface area contributed by atoms with Gasteiger partial charge in [-0.2, -0.15) is 0 Å². The second kappa shape index (κ2) is 9.22. The molecule has 1 aromatic carbocycles. The zero-order valence-corrected chi connectivity index (χ0v) is 16.5. The second-order valence-electron chi connectivity index (χ2n) is 7.74. The van der Waals surface area contributed by atoms with Crippen molar-refractivity contribution in [3.63, 3.8) is 0 Å². The fourth-order valence-electron chi connectivity index (χ4n) is 3.93. The Balaban J connectivity index is 1.46. The van der Waals surface area contributed by atoms with Crippen LogP contribution in [0.5, 0.6) is 0 Å².